The molecular formula is C41H55N11O7S. The van der Waals surface area contributed by atoms with E-state index < -0.39 is 77.6 Å². The van der Waals surface area contributed by atoms with Crippen LogP contribution in [0.5, 0.6) is 0 Å². The number of carbonyl (C=O) groups excluding carboxylic acids is 7. The van der Waals surface area contributed by atoms with Crippen molar-refractivity contribution in [1.82, 2.24) is 30.7 Å². The molecule has 2 aromatic carbocycles. The SMILES string of the molecule is CSCC[C@H](NC(=O)[C@H](CC(C)C)N1CC[C@@H](NC(=O)[C@H](Cc2ccccc2)N(C)C(=O)[C@@H](Cc2c[nH]c3ccccc23)NC(=O)[C@@H](N)CCC(N)=O)C1=O)C(=O)N=[N+]=[N-]. The molecule has 0 saturated carbocycles. The van der Waals surface area contributed by atoms with Gasteiger partial charge in [0.25, 0.3) is 0 Å². The van der Waals surface area contributed by atoms with E-state index in [0.29, 0.717) is 5.75 Å². The Kier molecular flexibility index (Phi) is 17.5. The predicted octanol–water partition coefficient (Wildman–Crippen LogP) is 2.06. The number of azide groups is 1. The third-order valence-corrected chi connectivity index (χ3v) is 11.1. The van der Waals surface area contributed by atoms with Crippen molar-refractivity contribution < 1.29 is 33.6 Å². The molecule has 0 aliphatic carbocycles. The fourth-order valence-electron chi connectivity index (χ4n) is 7.18. The van der Waals surface area contributed by atoms with Crippen LogP contribution in [-0.2, 0) is 46.4 Å². The zero-order valence-electron chi connectivity index (χ0n) is 34.3. The number of nitrogens with zero attached hydrogens (tertiary/aromatic N) is 5. The van der Waals surface area contributed by atoms with Crippen LogP contribution in [0.4, 0.5) is 0 Å². The molecule has 19 heteroatoms. The number of thioether (sulfide) groups is 1. The highest BCUT2D eigenvalue weighted by Gasteiger charge is 2.42. The van der Waals surface area contributed by atoms with Gasteiger partial charge in [-0.15, -0.1) is 0 Å². The number of benzene rings is 2. The van der Waals surface area contributed by atoms with Gasteiger partial charge in [-0.25, -0.2) is 0 Å². The molecule has 1 aliphatic heterocycles. The zero-order valence-corrected chi connectivity index (χ0v) is 35.2. The largest absolute Gasteiger partial charge is 0.370 e. The van der Waals surface area contributed by atoms with Gasteiger partial charge in [-0.1, -0.05) is 62.4 Å². The van der Waals surface area contributed by atoms with Crippen molar-refractivity contribution in [2.75, 3.05) is 25.6 Å². The fraction of sp³-hybridized carbons (Fsp3) is 0.488. The number of hydrogen-bond acceptors (Lipinski definition) is 9. The lowest BCUT2D eigenvalue weighted by atomic mass is 9.99. The molecule has 6 atom stereocenters. The average Bonchev–Trinajstić information content (AvgIpc) is 3.80. The number of carbonyl (C=O) groups is 7. The highest BCUT2D eigenvalue weighted by atomic mass is 32.2. The quantitative estimate of drug-likeness (QED) is 0.0490. The van der Waals surface area contributed by atoms with Gasteiger partial charge in [0.15, 0.2) is 0 Å². The van der Waals surface area contributed by atoms with Crippen molar-refractivity contribution in [2.45, 2.75) is 95.0 Å². The fourth-order valence-corrected chi connectivity index (χ4v) is 7.65. The second-order valence-corrected chi connectivity index (χ2v) is 16.3. The monoisotopic (exact) mass is 845 g/mol. The number of hydrogen-bond donors (Lipinski definition) is 6. The summed E-state index contributed by atoms with van der Waals surface area (Å²) in [6.45, 7) is 3.90. The third-order valence-electron chi connectivity index (χ3n) is 10.4. The number of rotatable bonds is 22. The van der Waals surface area contributed by atoms with Gasteiger partial charge in [0.2, 0.25) is 41.4 Å². The molecule has 1 aliphatic rings. The Labute approximate surface area is 352 Å². The van der Waals surface area contributed by atoms with Gasteiger partial charge in [-0.3, -0.25) is 33.6 Å². The minimum absolute atomic E-state index is 0.0309. The number of likely N-dealkylation sites (tertiary alicyclic amines) is 1. The minimum Gasteiger partial charge on any atom is -0.370 e. The molecule has 0 unspecified atom stereocenters. The van der Waals surface area contributed by atoms with Crippen LogP contribution >= 0.6 is 11.8 Å². The number of nitrogens with two attached hydrogens (primary N) is 2. The normalized spacial score (nSPS) is 16.3. The van der Waals surface area contributed by atoms with E-state index in [1.165, 1.54) is 28.6 Å². The van der Waals surface area contributed by atoms with Gasteiger partial charge < -0.3 is 42.2 Å². The smallest absolute Gasteiger partial charge is 0.245 e. The summed E-state index contributed by atoms with van der Waals surface area (Å²) in [6.07, 6.45) is 4.13. The number of aromatic amines is 1. The Balaban J connectivity index is 1.59. The molecule has 2 heterocycles. The second kappa shape index (κ2) is 22.5. The number of fused-ring (bicyclic) bond motifs is 1. The van der Waals surface area contributed by atoms with E-state index in [-0.39, 0.29) is 57.4 Å². The third kappa shape index (κ3) is 12.8. The van der Waals surface area contributed by atoms with E-state index in [9.17, 15) is 33.6 Å². The summed E-state index contributed by atoms with van der Waals surface area (Å²) in [7, 11) is 1.45. The molecule has 0 spiro atoms. The van der Waals surface area contributed by atoms with Crippen LogP contribution in [0.15, 0.2) is 65.9 Å². The summed E-state index contributed by atoms with van der Waals surface area (Å²) < 4.78 is 0. The summed E-state index contributed by atoms with van der Waals surface area (Å²) in [6, 6.07) is 9.87. The molecule has 1 fully saturated rings. The van der Waals surface area contributed by atoms with E-state index in [4.69, 9.17) is 17.0 Å². The van der Waals surface area contributed by atoms with E-state index in [1.54, 1.807) is 30.5 Å². The summed E-state index contributed by atoms with van der Waals surface area (Å²) in [4.78, 5) is 102. The van der Waals surface area contributed by atoms with Gasteiger partial charge in [0, 0.05) is 54.9 Å². The molecule has 7 amide bonds. The molecule has 18 nitrogen and oxygen atoms in total. The average molecular weight is 846 g/mol. The number of likely N-dealkylation sites (N-methyl/N-ethyl adjacent to an activating group) is 1. The number of aromatic nitrogens is 1. The number of amides is 7. The first-order valence-electron chi connectivity index (χ1n) is 19.8. The molecule has 0 radical (unpaired) electrons. The zero-order chi connectivity index (χ0) is 43.9. The summed E-state index contributed by atoms with van der Waals surface area (Å²) in [5, 5.41) is 12.3. The minimum atomic E-state index is -1.20. The number of H-pyrrole nitrogens is 1. The molecule has 0 bridgehead atoms. The summed E-state index contributed by atoms with van der Waals surface area (Å²) >= 11 is 1.45. The Bertz CT molecular complexity index is 2060. The molecule has 322 valence electrons. The van der Waals surface area contributed by atoms with Crippen LogP contribution in [0.2, 0.25) is 0 Å². The van der Waals surface area contributed by atoms with Crippen LogP contribution in [-0.4, -0.2) is 118 Å². The summed E-state index contributed by atoms with van der Waals surface area (Å²) in [5.41, 5.74) is 22.5. The van der Waals surface area contributed by atoms with Crippen molar-refractivity contribution in [3.63, 3.8) is 0 Å². The topological polar surface area (TPSA) is 279 Å². The van der Waals surface area contributed by atoms with Gasteiger partial charge in [0.1, 0.15) is 24.2 Å². The molecule has 4 rings (SSSR count). The predicted molar refractivity (Wildman–Crippen MR) is 228 cm³/mol. The maximum absolute atomic E-state index is 14.6. The Morgan fingerprint density at radius 2 is 1.67 bits per heavy atom. The van der Waals surface area contributed by atoms with E-state index in [1.807, 2.05) is 50.4 Å². The van der Waals surface area contributed by atoms with Crippen LogP contribution < -0.4 is 27.4 Å². The Morgan fingerprint density at radius 3 is 2.33 bits per heavy atom. The van der Waals surface area contributed by atoms with Crippen molar-refractivity contribution in [2.24, 2.45) is 22.5 Å². The molecular weight excluding hydrogens is 791 g/mol. The van der Waals surface area contributed by atoms with Crippen LogP contribution in [0.3, 0.4) is 0 Å². The number of para-hydroxylation sites is 1. The summed E-state index contributed by atoms with van der Waals surface area (Å²) in [5.74, 6) is -4.00. The van der Waals surface area contributed by atoms with Gasteiger partial charge in [-0.05, 0) is 71.4 Å². The van der Waals surface area contributed by atoms with Crippen LogP contribution in [0.1, 0.15) is 57.1 Å². The van der Waals surface area contributed by atoms with Crippen LogP contribution in [0, 0.1) is 5.92 Å². The first-order chi connectivity index (χ1) is 28.6. The number of primary amides is 1. The van der Waals surface area contributed by atoms with E-state index >= 15 is 0 Å². The maximum Gasteiger partial charge on any atom is 0.245 e. The highest BCUT2D eigenvalue weighted by Crippen LogP contribution is 2.23. The maximum atomic E-state index is 14.6. The number of nitrogens with one attached hydrogen (secondary N) is 4. The Hall–Kier alpha value is -5.91. The van der Waals surface area contributed by atoms with Crippen molar-refractivity contribution in [3.8, 4) is 0 Å². The highest BCUT2D eigenvalue weighted by molar-refractivity contribution is 7.98. The van der Waals surface area contributed by atoms with Gasteiger partial charge in [-0.2, -0.15) is 11.8 Å². The lowest BCUT2D eigenvalue weighted by Crippen LogP contribution is -2.59. The molecule has 1 aromatic heterocycles. The van der Waals surface area contributed by atoms with Crippen molar-refractivity contribution in [3.05, 3.63) is 82.4 Å². The van der Waals surface area contributed by atoms with Crippen molar-refractivity contribution in [1.29, 1.82) is 0 Å². The molecule has 60 heavy (non-hydrogen) atoms. The van der Waals surface area contributed by atoms with Gasteiger partial charge in [0.05, 0.1) is 12.1 Å². The van der Waals surface area contributed by atoms with E-state index in [0.717, 1.165) is 22.0 Å². The molecule has 8 N–H and O–H groups in total. The lowest BCUT2D eigenvalue weighted by molar-refractivity contribution is -0.143. The van der Waals surface area contributed by atoms with Crippen LogP contribution in [0.25, 0.3) is 21.3 Å². The first-order valence-corrected chi connectivity index (χ1v) is 21.2. The van der Waals surface area contributed by atoms with Crippen molar-refractivity contribution >= 4 is 64.0 Å². The van der Waals surface area contributed by atoms with E-state index in [2.05, 4.69) is 31.0 Å². The molecule has 3 aromatic rings. The second-order valence-electron chi connectivity index (χ2n) is 15.3. The first kappa shape index (κ1) is 46.8. The standard InChI is InChI=1S/C41H55N11O7S/c1-24(2)20-34(39(57)46-30(17-19-60-4)37(55)49-50-44)52-18-16-31(41(52)59)47-38(56)33(21-25-10-6-5-7-11-25)51(3)40(58)32(48-36(54)28(42)14-15-35(43)53)22-26-23-45-29-13-9-8-12-27(26)29/h5-13,23-24,28,30-34,45H,14-22,42H2,1-4H3,(H2,43,53)(H,46,57)(H,47,56)(H,48,54)/t28-,30-,31+,32+,33-,34-/m0/s1. The molecule has 1 saturated heterocycles. The lowest BCUT2D eigenvalue weighted by Gasteiger charge is -2.32. The Morgan fingerprint density at radius 1 is 0.983 bits per heavy atom. The van der Waals surface area contributed by atoms with Gasteiger partial charge >= 0.3 is 0 Å².